The van der Waals surface area contributed by atoms with Gasteiger partial charge in [0.05, 0.1) is 20.2 Å². The zero-order valence-corrected chi connectivity index (χ0v) is 9.17. The molecule has 0 saturated carbocycles. The fraction of sp³-hybridized carbons (Fsp3) is 0.143. The Hall–Kier alpha value is -0.360. The summed E-state index contributed by atoms with van der Waals surface area (Å²) in [6, 6.07) is 0. The lowest BCUT2D eigenvalue weighted by molar-refractivity contribution is 0.786. The van der Waals surface area contributed by atoms with Gasteiger partial charge < -0.3 is 0 Å². The summed E-state index contributed by atoms with van der Waals surface area (Å²) < 4.78 is 2.66. The largest absolute Gasteiger partial charge is 0.250 e. The van der Waals surface area contributed by atoms with Gasteiger partial charge in [0.1, 0.15) is 0 Å². The zero-order valence-electron chi connectivity index (χ0n) is 6.25. The Kier molecular flexibility index (Phi) is 1.96. The zero-order chi connectivity index (χ0) is 8.72. The topological polar surface area (TPSA) is 30.7 Å². The van der Waals surface area contributed by atoms with Crippen molar-refractivity contribution in [2.24, 2.45) is 7.05 Å². The molecule has 0 saturated heterocycles. The fourth-order valence-electron chi connectivity index (χ4n) is 1.04. The molecule has 0 unspecified atom stereocenters. The van der Waals surface area contributed by atoms with Crippen LogP contribution in [-0.2, 0) is 7.05 Å². The third-order valence-corrected chi connectivity index (χ3v) is 3.20. The van der Waals surface area contributed by atoms with Gasteiger partial charge in [-0.15, -0.1) is 0 Å². The van der Waals surface area contributed by atoms with E-state index in [9.17, 15) is 0 Å². The average Bonchev–Trinajstić information content (AvgIpc) is 2.41. The maximum Gasteiger partial charge on any atom is 0.159 e. The van der Waals surface area contributed by atoms with Gasteiger partial charge in [0.25, 0.3) is 0 Å². The van der Waals surface area contributed by atoms with Gasteiger partial charge in [-0.3, -0.25) is 4.68 Å². The first-order valence-corrected chi connectivity index (χ1v) is 4.77. The van der Waals surface area contributed by atoms with Crippen LogP contribution in [0.25, 0.3) is 11.0 Å². The molecular weight excluding hydrogens is 288 g/mol. The standard InChI is InChI=1S/C7H5ClIN3/c1-12-7-4(2-11-12)6(8)5(9)3-10-7/h2-3H,1H3. The quantitative estimate of drug-likeness (QED) is 0.697. The number of rotatable bonds is 0. The molecule has 2 heterocycles. The Labute approximate surface area is 87.9 Å². The lowest BCUT2D eigenvalue weighted by atomic mass is 10.4. The molecule has 0 spiro atoms. The Bertz CT molecular complexity index is 437. The number of aryl methyl sites for hydroxylation is 1. The van der Waals surface area contributed by atoms with Crippen molar-refractivity contribution in [3.8, 4) is 0 Å². The van der Waals surface area contributed by atoms with Crippen LogP contribution >= 0.6 is 34.2 Å². The van der Waals surface area contributed by atoms with E-state index in [1.165, 1.54) is 0 Å². The van der Waals surface area contributed by atoms with Crippen LogP contribution in [0.4, 0.5) is 0 Å². The predicted molar refractivity (Wildman–Crippen MR) is 56.2 cm³/mol. The van der Waals surface area contributed by atoms with Gasteiger partial charge in [-0.25, -0.2) is 4.98 Å². The lowest BCUT2D eigenvalue weighted by Crippen LogP contribution is -1.91. The molecule has 0 fully saturated rings. The molecule has 5 heteroatoms. The molecule has 2 rings (SSSR count). The SMILES string of the molecule is Cn1ncc2c(Cl)c(I)cnc21. The van der Waals surface area contributed by atoms with Crippen LogP contribution in [-0.4, -0.2) is 14.8 Å². The Morgan fingerprint density at radius 2 is 2.25 bits per heavy atom. The highest BCUT2D eigenvalue weighted by molar-refractivity contribution is 14.1. The van der Waals surface area contributed by atoms with Crippen LogP contribution in [0.5, 0.6) is 0 Å². The number of pyridine rings is 1. The number of nitrogens with zero attached hydrogens (tertiary/aromatic N) is 3. The van der Waals surface area contributed by atoms with Gasteiger partial charge in [-0.1, -0.05) is 11.6 Å². The van der Waals surface area contributed by atoms with E-state index in [0.29, 0.717) is 0 Å². The number of hydrogen-bond acceptors (Lipinski definition) is 2. The van der Waals surface area contributed by atoms with E-state index in [4.69, 9.17) is 11.6 Å². The molecule has 2 aromatic rings. The van der Waals surface area contributed by atoms with Crippen molar-refractivity contribution in [2.75, 3.05) is 0 Å². The minimum Gasteiger partial charge on any atom is -0.250 e. The summed E-state index contributed by atoms with van der Waals surface area (Å²) in [5.41, 5.74) is 0.820. The molecule has 12 heavy (non-hydrogen) atoms. The molecule has 0 aliphatic carbocycles. The third-order valence-electron chi connectivity index (χ3n) is 1.65. The van der Waals surface area contributed by atoms with E-state index in [2.05, 4.69) is 32.7 Å². The second-order valence-electron chi connectivity index (χ2n) is 2.43. The van der Waals surface area contributed by atoms with Crippen molar-refractivity contribution in [3.05, 3.63) is 21.0 Å². The van der Waals surface area contributed by atoms with Crippen molar-refractivity contribution in [1.82, 2.24) is 14.8 Å². The van der Waals surface area contributed by atoms with Crippen LogP contribution in [0.3, 0.4) is 0 Å². The molecule has 62 valence electrons. The highest BCUT2D eigenvalue weighted by atomic mass is 127. The second kappa shape index (κ2) is 2.85. The van der Waals surface area contributed by atoms with Gasteiger partial charge in [0, 0.05) is 13.2 Å². The van der Waals surface area contributed by atoms with E-state index >= 15 is 0 Å². The molecule has 0 bridgehead atoms. The first kappa shape index (κ1) is 8.25. The van der Waals surface area contributed by atoms with Crippen molar-refractivity contribution >= 4 is 45.2 Å². The third kappa shape index (κ3) is 1.09. The van der Waals surface area contributed by atoms with E-state index in [-0.39, 0.29) is 0 Å². The molecule has 0 N–H and O–H groups in total. The van der Waals surface area contributed by atoms with Crippen molar-refractivity contribution in [1.29, 1.82) is 0 Å². The average molecular weight is 293 g/mol. The van der Waals surface area contributed by atoms with Gasteiger partial charge >= 0.3 is 0 Å². The van der Waals surface area contributed by atoms with E-state index in [1.807, 2.05) is 7.05 Å². The van der Waals surface area contributed by atoms with Crippen molar-refractivity contribution in [2.45, 2.75) is 0 Å². The fourth-order valence-corrected chi connectivity index (χ4v) is 1.65. The Morgan fingerprint density at radius 3 is 3.00 bits per heavy atom. The number of aromatic nitrogens is 3. The highest BCUT2D eigenvalue weighted by Crippen LogP contribution is 2.25. The van der Waals surface area contributed by atoms with Crippen LogP contribution in [0.1, 0.15) is 0 Å². The van der Waals surface area contributed by atoms with E-state index < -0.39 is 0 Å². The summed E-state index contributed by atoms with van der Waals surface area (Å²) in [5, 5.41) is 5.70. The summed E-state index contributed by atoms with van der Waals surface area (Å²) in [6.07, 6.45) is 3.47. The Balaban J connectivity index is 2.93. The molecule has 0 aromatic carbocycles. The number of fused-ring (bicyclic) bond motifs is 1. The van der Waals surface area contributed by atoms with Gasteiger partial charge in [-0.05, 0) is 22.6 Å². The summed E-state index contributed by atoms with van der Waals surface area (Å²) in [7, 11) is 1.85. The minimum atomic E-state index is 0.730. The van der Waals surface area contributed by atoms with Crippen LogP contribution in [0.15, 0.2) is 12.4 Å². The lowest BCUT2D eigenvalue weighted by Gasteiger charge is -1.96. The molecule has 0 amide bonds. The second-order valence-corrected chi connectivity index (χ2v) is 3.97. The monoisotopic (exact) mass is 293 g/mol. The van der Waals surface area contributed by atoms with E-state index in [0.717, 1.165) is 19.6 Å². The molecule has 2 aromatic heterocycles. The number of halogens is 2. The molecule has 0 atom stereocenters. The molecule has 3 nitrogen and oxygen atoms in total. The molecule has 0 aliphatic rings. The van der Waals surface area contributed by atoms with Crippen LogP contribution < -0.4 is 0 Å². The van der Waals surface area contributed by atoms with Crippen LogP contribution in [0.2, 0.25) is 5.02 Å². The van der Waals surface area contributed by atoms with Gasteiger partial charge in [0.15, 0.2) is 5.65 Å². The van der Waals surface area contributed by atoms with Gasteiger partial charge in [0.2, 0.25) is 0 Å². The predicted octanol–water partition coefficient (Wildman–Crippen LogP) is 2.23. The summed E-state index contributed by atoms with van der Waals surface area (Å²) in [6.45, 7) is 0. The van der Waals surface area contributed by atoms with Crippen molar-refractivity contribution < 1.29 is 0 Å². The smallest absolute Gasteiger partial charge is 0.159 e. The summed E-state index contributed by atoms with van der Waals surface area (Å²) in [4.78, 5) is 4.21. The van der Waals surface area contributed by atoms with Gasteiger partial charge in [-0.2, -0.15) is 5.10 Å². The molecular formula is C7H5ClIN3. The normalized spacial score (nSPS) is 10.9. The van der Waals surface area contributed by atoms with E-state index in [1.54, 1.807) is 17.1 Å². The number of hydrogen-bond donors (Lipinski definition) is 0. The van der Waals surface area contributed by atoms with Crippen molar-refractivity contribution in [3.63, 3.8) is 0 Å². The summed E-state index contributed by atoms with van der Waals surface area (Å²) >= 11 is 8.19. The summed E-state index contributed by atoms with van der Waals surface area (Å²) in [5.74, 6) is 0. The first-order chi connectivity index (χ1) is 5.70. The first-order valence-electron chi connectivity index (χ1n) is 3.32. The molecule has 0 radical (unpaired) electrons. The van der Waals surface area contributed by atoms with Crippen LogP contribution in [0, 0.1) is 3.57 Å². The maximum atomic E-state index is 6.04. The Morgan fingerprint density at radius 1 is 1.50 bits per heavy atom. The minimum absolute atomic E-state index is 0.730. The highest BCUT2D eigenvalue weighted by Gasteiger charge is 2.07. The maximum absolute atomic E-state index is 6.04. The molecule has 0 aliphatic heterocycles.